The number of hydrogen-bond acceptors (Lipinski definition) is 2. The Labute approximate surface area is 151 Å². The topological polar surface area (TPSA) is 57.5 Å². The third-order valence-electron chi connectivity index (χ3n) is 2.59. The lowest BCUT2D eigenvalue weighted by atomic mass is 9.99. The Morgan fingerprint density at radius 3 is 1.64 bits per heavy atom. The summed E-state index contributed by atoms with van der Waals surface area (Å²) < 4.78 is 0. The van der Waals surface area contributed by atoms with Gasteiger partial charge in [0.2, 0.25) is 0 Å². The Balaban J connectivity index is 0.00000116. The van der Waals surface area contributed by atoms with E-state index in [-0.39, 0.29) is 30.7 Å². The third kappa shape index (κ3) is 4.19. The molecular formula is C14H9Cl5O3. The summed E-state index contributed by atoms with van der Waals surface area (Å²) in [5.74, 6) is -1.15. The van der Waals surface area contributed by atoms with Crippen LogP contribution in [0.25, 0.3) is 11.1 Å². The van der Waals surface area contributed by atoms with Crippen molar-refractivity contribution < 1.29 is 15.0 Å². The monoisotopic (exact) mass is 400 g/mol. The van der Waals surface area contributed by atoms with Gasteiger partial charge in [-0.1, -0.05) is 58.0 Å². The number of halogens is 5. The van der Waals surface area contributed by atoms with Gasteiger partial charge in [-0.25, -0.2) is 4.79 Å². The molecule has 0 unspecified atom stereocenters. The van der Waals surface area contributed by atoms with Gasteiger partial charge in [0, 0.05) is 12.7 Å². The van der Waals surface area contributed by atoms with Crippen LogP contribution in [0.1, 0.15) is 10.4 Å². The Morgan fingerprint density at radius 2 is 1.14 bits per heavy atom. The Bertz CT molecular complexity index is 716. The van der Waals surface area contributed by atoms with Gasteiger partial charge in [-0.2, -0.15) is 0 Å². The Kier molecular flexibility index (Phi) is 7.26. The summed E-state index contributed by atoms with van der Waals surface area (Å²) in [4.78, 5) is 11.3. The molecule has 0 aromatic heterocycles. The minimum Gasteiger partial charge on any atom is -0.478 e. The molecule has 0 aliphatic rings. The molecule has 0 fully saturated rings. The van der Waals surface area contributed by atoms with E-state index in [9.17, 15) is 9.90 Å². The van der Waals surface area contributed by atoms with Gasteiger partial charge >= 0.3 is 5.97 Å². The predicted octanol–water partition coefficient (Wildman–Crippen LogP) is 5.93. The van der Waals surface area contributed by atoms with Crippen LogP contribution in [-0.4, -0.2) is 23.3 Å². The summed E-state index contributed by atoms with van der Waals surface area (Å²) in [6, 6.07) is 5.62. The quantitative estimate of drug-likeness (QED) is 0.613. The first-order chi connectivity index (χ1) is 10.3. The fourth-order valence-electron chi connectivity index (χ4n) is 1.68. The number of benzene rings is 2. The lowest BCUT2D eigenvalue weighted by Crippen LogP contribution is -2.00. The van der Waals surface area contributed by atoms with Gasteiger partial charge in [-0.3, -0.25) is 0 Å². The molecule has 0 radical (unpaired) electrons. The molecular weight excluding hydrogens is 393 g/mol. The zero-order valence-electron chi connectivity index (χ0n) is 11.0. The van der Waals surface area contributed by atoms with Gasteiger partial charge < -0.3 is 10.2 Å². The molecule has 118 valence electrons. The van der Waals surface area contributed by atoms with Crippen LogP contribution in [0.3, 0.4) is 0 Å². The first-order valence-corrected chi connectivity index (χ1v) is 7.52. The van der Waals surface area contributed by atoms with E-state index in [4.69, 9.17) is 63.1 Å². The summed E-state index contributed by atoms with van der Waals surface area (Å²) in [5.41, 5.74) is 0.701. The van der Waals surface area contributed by atoms with Crippen molar-refractivity contribution in [1.29, 1.82) is 0 Å². The summed E-state index contributed by atoms with van der Waals surface area (Å²) in [6.07, 6.45) is 0. The molecule has 0 aliphatic carbocycles. The fraction of sp³-hybridized carbons (Fsp3) is 0.0714. The number of aromatic carboxylic acids is 1. The molecule has 22 heavy (non-hydrogen) atoms. The van der Waals surface area contributed by atoms with Crippen LogP contribution in [0.4, 0.5) is 0 Å². The number of rotatable bonds is 2. The van der Waals surface area contributed by atoms with Crippen molar-refractivity contribution in [2.45, 2.75) is 0 Å². The number of carboxylic acids is 1. The molecule has 0 aliphatic heterocycles. The first kappa shape index (κ1) is 19.4. The molecule has 2 aromatic carbocycles. The Hall–Kier alpha value is -0.680. The molecule has 0 saturated heterocycles. The second kappa shape index (κ2) is 8.25. The molecule has 0 spiro atoms. The van der Waals surface area contributed by atoms with Crippen LogP contribution < -0.4 is 0 Å². The van der Waals surface area contributed by atoms with Gasteiger partial charge in [0.15, 0.2) is 0 Å². The summed E-state index contributed by atoms with van der Waals surface area (Å²) >= 11 is 29.7. The highest BCUT2D eigenvalue weighted by atomic mass is 35.5. The summed E-state index contributed by atoms with van der Waals surface area (Å²) in [6.45, 7) is 0. The minimum absolute atomic E-state index is 0.0281. The van der Waals surface area contributed by atoms with E-state index < -0.39 is 5.97 Å². The molecule has 0 heterocycles. The smallest absolute Gasteiger partial charge is 0.336 e. The van der Waals surface area contributed by atoms with E-state index in [2.05, 4.69) is 0 Å². The standard InChI is InChI=1S/C13H5Cl5O2.CH4O/c14-8-4-12(18)10(16)2-6(8)5-1-9(15)11(17)3-7(5)13(19)20;1-2/h1-4H,(H,19,20);2H,1H3. The van der Waals surface area contributed by atoms with Gasteiger partial charge in [-0.15, -0.1) is 0 Å². The van der Waals surface area contributed by atoms with Crippen molar-refractivity contribution >= 4 is 64.0 Å². The van der Waals surface area contributed by atoms with Crippen LogP contribution in [0.5, 0.6) is 0 Å². The lowest BCUT2D eigenvalue weighted by Gasteiger charge is -2.11. The van der Waals surface area contributed by atoms with Gasteiger partial charge in [0.05, 0.1) is 30.7 Å². The highest BCUT2D eigenvalue weighted by Gasteiger charge is 2.18. The second-order valence-electron chi connectivity index (χ2n) is 3.86. The number of carbonyl (C=O) groups is 1. The largest absolute Gasteiger partial charge is 0.478 e. The van der Waals surface area contributed by atoms with Crippen molar-refractivity contribution in [3.8, 4) is 11.1 Å². The number of hydrogen-bond donors (Lipinski definition) is 2. The maximum absolute atomic E-state index is 11.3. The van der Waals surface area contributed by atoms with E-state index in [1.807, 2.05) is 0 Å². The summed E-state index contributed by atoms with van der Waals surface area (Å²) in [7, 11) is 1.00. The van der Waals surface area contributed by atoms with Crippen molar-refractivity contribution in [1.82, 2.24) is 0 Å². The first-order valence-electron chi connectivity index (χ1n) is 5.63. The van der Waals surface area contributed by atoms with Gasteiger partial charge in [-0.05, 0) is 29.8 Å². The highest BCUT2D eigenvalue weighted by Crippen LogP contribution is 2.39. The minimum atomic E-state index is -1.15. The SMILES string of the molecule is CO.O=C(O)c1cc(Cl)c(Cl)cc1-c1cc(Cl)c(Cl)cc1Cl. The fourth-order valence-corrected chi connectivity index (χ4v) is 2.65. The third-order valence-corrected chi connectivity index (χ3v) is 4.35. The molecule has 2 aromatic rings. The van der Waals surface area contributed by atoms with Crippen molar-refractivity contribution in [3.63, 3.8) is 0 Å². The van der Waals surface area contributed by atoms with Crippen LogP contribution >= 0.6 is 58.0 Å². The number of carboxylic acid groups (broad SMARTS) is 1. The van der Waals surface area contributed by atoms with Crippen molar-refractivity contribution in [2.24, 2.45) is 0 Å². The number of aliphatic hydroxyl groups is 1. The average molecular weight is 402 g/mol. The lowest BCUT2D eigenvalue weighted by molar-refractivity contribution is 0.0697. The van der Waals surface area contributed by atoms with Gasteiger partial charge in [0.1, 0.15) is 0 Å². The molecule has 8 heteroatoms. The maximum Gasteiger partial charge on any atom is 0.336 e. The molecule has 0 saturated carbocycles. The van der Waals surface area contributed by atoms with Crippen molar-refractivity contribution in [3.05, 3.63) is 54.9 Å². The molecule has 0 amide bonds. The average Bonchev–Trinajstić information content (AvgIpc) is 2.47. The van der Waals surface area contributed by atoms with Crippen LogP contribution in [0, 0.1) is 0 Å². The maximum atomic E-state index is 11.3. The van der Waals surface area contributed by atoms with Crippen LogP contribution in [0.2, 0.25) is 25.1 Å². The van der Waals surface area contributed by atoms with E-state index in [0.717, 1.165) is 7.11 Å². The molecule has 2 rings (SSSR count). The van der Waals surface area contributed by atoms with E-state index in [1.54, 1.807) is 0 Å². The highest BCUT2D eigenvalue weighted by molar-refractivity contribution is 6.44. The molecule has 0 atom stereocenters. The number of aliphatic hydroxyl groups excluding tert-OH is 1. The van der Waals surface area contributed by atoms with Gasteiger partial charge in [0.25, 0.3) is 0 Å². The summed E-state index contributed by atoms with van der Waals surface area (Å²) in [5, 5.41) is 17.4. The predicted molar refractivity (Wildman–Crippen MR) is 92.0 cm³/mol. The molecule has 2 N–H and O–H groups in total. The zero-order valence-corrected chi connectivity index (χ0v) is 14.8. The van der Waals surface area contributed by atoms with Crippen LogP contribution in [-0.2, 0) is 0 Å². The van der Waals surface area contributed by atoms with Crippen LogP contribution in [0.15, 0.2) is 24.3 Å². The molecule has 3 nitrogen and oxygen atoms in total. The zero-order chi connectivity index (χ0) is 17.0. The Morgan fingerprint density at radius 1 is 0.727 bits per heavy atom. The van der Waals surface area contributed by atoms with E-state index in [1.165, 1.54) is 24.3 Å². The van der Waals surface area contributed by atoms with E-state index in [0.29, 0.717) is 11.1 Å². The van der Waals surface area contributed by atoms with E-state index >= 15 is 0 Å². The normalized spacial score (nSPS) is 9.95. The molecule has 0 bridgehead atoms. The van der Waals surface area contributed by atoms with Crippen molar-refractivity contribution in [2.75, 3.05) is 7.11 Å². The second-order valence-corrected chi connectivity index (χ2v) is 5.90.